The first-order chi connectivity index (χ1) is 13.2. The lowest BCUT2D eigenvalue weighted by molar-refractivity contribution is -0.130. The Kier molecular flexibility index (Phi) is 7.86. The second-order valence-electron chi connectivity index (χ2n) is 6.51. The van der Waals surface area contributed by atoms with Crippen LogP contribution in [0, 0.1) is 13.8 Å². The smallest absolute Gasteiger partial charge is 0.240 e. The Bertz CT molecular complexity index is 932. The molecule has 8 heteroatoms. The van der Waals surface area contributed by atoms with Gasteiger partial charge in [0.1, 0.15) is 12.4 Å². The zero-order chi connectivity index (χ0) is 20.7. The van der Waals surface area contributed by atoms with E-state index in [0.717, 1.165) is 11.1 Å². The Hall–Kier alpha value is -2.09. The van der Waals surface area contributed by atoms with E-state index in [9.17, 15) is 13.2 Å². The first-order valence-electron chi connectivity index (χ1n) is 8.88. The van der Waals surface area contributed by atoms with Gasteiger partial charge >= 0.3 is 0 Å². The molecule has 0 aromatic heterocycles. The number of rotatable bonds is 9. The quantitative estimate of drug-likeness (QED) is 0.670. The average molecular weight is 425 g/mol. The largest absolute Gasteiger partial charge is 0.492 e. The molecule has 0 aliphatic rings. The van der Waals surface area contributed by atoms with Crippen molar-refractivity contribution in [3.8, 4) is 5.75 Å². The van der Waals surface area contributed by atoms with Crippen molar-refractivity contribution in [3.05, 3.63) is 58.6 Å². The third kappa shape index (κ3) is 6.51. The number of hydrogen-bond donors (Lipinski definition) is 1. The van der Waals surface area contributed by atoms with Gasteiger partial charge in [-0.05, 0) is 55.3 Å². The zero-order valence-electron chi connectivity index (χ0n) is 16.2. The molecule has 1 amide bonds. The zero-order valence-corrected chi connectivity index (χ0v) is 17.8. The number of carbonyl (C=O) groups excluding carboxylic acids is 1. The standard InChI is InChI=1S/C20H25ClN2O4S/c1-15-7-8-19(13-16(15)2)28(25,26)22-10-9-20(24)23(3)11-12-27-18-6-4-5-17(21)14-18/h4-8,13-14,22H,9-12H2,1-3H3. The summed E-state index contributed by atoms with van der Waals surface area (Å²) in [5, 5.41) is 0.581. The van der Waals surface area contributed by atoms with E-state index in [1.807, 2.05) is 13.8 Å². The Morgan fingerprint density at radius 1 is 1.14 bits per heavy atom. The monoisotopic (exact) mass is 424 g/mol. The van der Waals surface area contributed by atoms with Crippen molar-refractivity contribution >= 4 is 27.5 Å². The number of benzene rings is 2. The van der Waals surface area contributed by atoms with Crippen LogP contribution in [0.3, 0.4) is 0 Å². The van der Waals surface area contributed by atoms with Crippen LogP contribution in [0.4, 0.5) is 0 Å². The molecule has 2 aromatic carbocycles. The van der Waals surface area contributed by atoms with Crippen LogP contribution in [-0.2, 0) is 14.8 Å². The predicted molar refractivity (Wildman–Crippen MR) is 110 cm³/mol. The van der Waals surface area contributed by atoms with Gasteiger partial charge in [-0.25, -0.2) is 13.1 Å². The Balaban J connectivity index is 1.77. The van der Waals surface area contributed by atoms with E-state index in [0.29, 0.717) is 23.9 Å². The van der Waals surface area contributed by atoms with E-state index in [1.54, 1.807) is 49.5 Å². The van der Waals surface area contributed by atoms with Crippen LogP contribution in [0.15, 0.2) is 47.4 Å². The first-order valence-corrected chi connectivity index (χ1v) is 10.7. The number of sulfonamides is 1. The van der Waals surface area contributed by atoms with Crippen LogP contribution < -0.4 is 9.46 Å². The van der Waals surface area contributed by atoms with Crippen molar-refractivity contribution in [2.75, 3.05) is 26.7 Å². The van der Waals surface area contributed by atoms with E-state index < -0.39 is 10.0 Å². The lowest BCUT2D eigenvalue weighted by Gasteiger charge is -2.18. The second-order valence-corrected chi connectivity index (χ2v) is 8.72. The van der Waals surface area contributed by atoms with Crippen molar-refractivity contribution in [2.45, 2.75) is 25.2 Å². The molecule has 0 heterocycles. The third-order valence-electron chi connectivity index (χ3n) is 4.34. The summed E-state index contributed by atoms with van der Waals surface area (Å²) in [6, 6.07) is 12.0. The molecule has 0 aliphatic heterocycles. The number of aryl methyl sites for hydroxylation is 2. The van der Waals surface area contributed by atoms with Gasteiger partial charge in [-0.15, -0.1) is 0 Å². The molecule has 0 saturated heterocycles. The van der Waals surface area contributed by atoms with Gasteiger partial charge in [-0.2, -0.15) is 0 Å². The van der Waals surface area contributed by atoms with Gasteiger partial charge in [0, 0.05) is 25.0 Å². The molecule has 0 radical (unpaired) electrons. The average Bonchev–Trinajstić information content (AvgIpc) is 2.63. The maximum Gasteiger partial charge on any atom is 0.240 e. The minimum Gasteiger partial charge on any atom is -0.492 e. The summed E-state index contributed by atoms with van der Waals surface area (Å²) < 4.78 is 32.7. The normalized spacial score (nSPS) is 11.3. The molecule has 0 saturated carbocycles. The summed E-state index contributed by atoms with van der Waals surface area (Å²) >= 11 is 5.89. The minimum absolute atomic E-state index is 0.0353. The van der Waals surface area contributed by atoms with E-state index in [2.05, 4.69) is 4.72 Å². The van der Waals surface area contributed by atoms with E-state index in [1.165, 1.54) is 4.90 Å². The van der Waals surface area contributed by atoms with Gasteiger partial charge < -0.3 is 9.64 Å². The maximum atomic E-state index is 12.3. The Morgan fingerprint density at radius 2 is 1.89 bits per heavy atom. The molecular formula is C20H25ClN2O4S. The van der Waals surface area contributed by atoms with Crippen LogP contribution in [-0.4, -0.2) is 46.0 Å². The third-order valence-corrected chi connectivity index (χ3v) is 6.03. The van der Waals surface area contributed by atoms with E-state index >= 15 is 0 Å². The Morgan fingerprint density at radius 3 is 2.57 bits per heavy atom. The topological polar surface area (TPSA) is 75.7 Å². The number of amides is 1. The van der Waals surface area contributed by atoms with Crippen molar-refractivity contribution in [1.82, 2.24) is 9.62 Å². The number of nitrogens with zero attached hydrogens (tertiary/aromatic N) is 1. The van der Waals surface area contributed by atoms with Gasteiger partial charge in [-0.1, -0.05) is 23.7 Å². The summed E-state index contributed by atoms with van der Waals surface area (Å²) in [5.74, 6) is 0.465. The molecule has 28 heavy (non-hydrogen) atoms. The summed E-state index contributed by atoms with van der Waals surface area (Å²) in [4.78, 5) is 13.9. The van der Waals surface area contributed by atoms with Crippen LogP contribution in [0.1, 0.15) is 17.5 Å². The molecule has 2 rings (SSSR count). The van der Waals surface area contributed by atoms with E-state index in [-0.39, 0.29) is 23.8 Å². The van der Waals surface area contributed by atoms with E-state index in [4.69, 9.17) is 16.3 Å². The number of likely N-dealkylation sites (N-methyl/N-ethyl adjacent to an activating group) is 1. The van der Waals surface area contributed by atoms with Crippen molar-refractivity contribution < 1.29 is 17.9 Å². The van der Waals surface area contributed by atoms with Crippen molar-refractivity contribution in [1.29, 1.82) is 0 Å². The molecule has 0 spiro atoms. The van der Waals surface area contributed by atoms with Gasteiger partial charge in [0.2, 0.25) is 15.9 Å². The number of ether oxygens (including phenoxy) is 1. The lowest BCUT2D eigenvalue weighted by Crippen LogP contribution is -2.34. The van der Waals surface area contributed by atoms with Crippen LogP contribution in [0.5, 0.6) is 5.75 Å². The highest BCUT2D eigenvalue weighted by molar-refractivity contribution is 7.89. The lowest BCUT2D eigenvalue weighted by atomic mass is 10.1. The molecule has 6 nitrogen and oxygen atoms in total. The van der Waals surface area contributed by atoms with Gasteiger partial charge in [0.05, 0.1) is 11.4 Å². The van der Waals surface area contributed by atoms with Crippen molar-refractivity contribution in [3.63, 3.8) is 0 Å². The molecular weight excluding hydrogens is 400 g/mol. The van der Waals surface area contributed by atoms with Crippen LogP contribution >= 0.6 is 11.6 Å². The van der Waals surface area contributed by atoms with Gasteiger partial charge in [0.25, 0.3) is 0 Å². The highest BCUT2D eigenvalue weighted by atomic mass is 35.5. The number of hydrogen-bond acceptors (Lipinski definition) is 4. The summed E-state index contributed by atoms with van der Waals surface area (Å²) in [6.07, 6.45) is 0.0672. The number of carbonyl (C=O) groups is 1. The number of halogens is 1. The maximum absolute atomic E-state index is 12.3. The SMILES string of the molecule is Cc1ccc(S(=O)(=O)NCCC(=O)N(C)CCOc2cccc(Cl)c2)cc1C. The number of nitrogens with one attached hydrogen (secondary N) is 1. The molecule has 0 bridgehead atoms. The fraction of sp³-hybridized carbons (Fsp3) is 0.350. The molecule has 0 unspecified atom stereocenters. The minimum atomic E-state index is -3.64. The molecule has 0 aliphatic carbocycles. The summed E-state index contributed by atoms with van der Waals surface area (Å²) in [7, 11) is -1.98. The first kappa shape index (κ1) is 22.2. The second kappa shape index (κ2) is 9.91. The van der Waals surface area contributed by atoms with Gasteiger partial charge in [0.15, 0.2) is 0 Å². The predicted octanol–water partition coefficient (Wildman–Crippen LogP) is 3.16. The molecule has 152 valence electrons. The van der Waals surface area contributed by atoms with Crippen LogP contribution in [0.2, 0.25) is 5.02 Å². The van der Waals surface area contributed by atoms with Crippen LogP contribution in [0.25, 0.3) is 0 Å². The summed E-state index contributed by atoms with van der Waals surface area (Å²) in [5.41, 5.74) is 1.93. The summed E-state index contributed by atoms with van der Waals surface area (Å²) in [6.45, 7) is 4.52. The highest BCUT2D eigenvalue weighted by Crippen LogP contribution is 2.17. The molecule has 1 N–H and O–H groups in total. The van der Waals surface area contributed by atoms with Crippen molar-refractivity contribution in [2.24, 2.45) is 0 Å². The Labute approximate surface area is 171 Å². The molecule has 0 fully saturated rings. The molecule has 2 aromatic rings. The molecule has 0 atom stereocenters. The van der Waals surface area contributed by atoms with Gasteiger partial charge in [-0.3, -0.25) is 4.79 Å². The fourth-order valence-electron chi connectivity index (χ4n) is 2.43. The highest BCUT2D eigenvalue weighted by Gasteiger charge is 2.16. The fourth-order valence-corrected chi connectivity index (χ4v) is 3.73.